The van der Waals surface area contributed by atoms with Gasteiger partial charge >= 0.3 is 0 Å². The number of ether oxygens (including phenoxy) is 1. The van der Waals surface area contributed by atoms with Crippen molar-refractivity contribution >= 4 is 21.6 Å². The molecule has 0 aliphatic carbocycles. The lowest BCUT2D eigenvalue weighted by atomic mass is 9.98. The highest BCUT2D eigenvalue weighted by Gasteiger charge is 2.23. The molecule has 0 fully saturated rings. The van der Waals surface area contributed by atoms with Crippen LogP contribution in [0.4, 0.5) is 10.1 Å². The third-order valence-electron chi connectivity index (χ3n) is 5.26. The van der Waals surface area contributed by atoms with E-state index in [0.717, 1.165) is 11.1 Å². The molecule has 4 rings (SSSR count). The fourth-order valence-corrected chi connectivity index (χ4v) is 4.38. The SMILES string of the molecule is Cc1nn(CCS(=O)(=O)N(C)C)c(-c2ccc(F)cc2)c1-c1ccc2c(c1)NC(=O)CO2. The van der Waals surface area contributed by atoms with Crippen molar-refractivity contribution in [1.29, 1.82) is 0 Å². The van der Waals surface area contributed by atoms with Gasteiger partial charge in [0.1, 0.15) is 11.6 Å². The zero-order chi connectivity index (χ0) is 23.0. The molecule has 1 aliphatic rings. The highest BCUT2D eigenvalue weighted by molar-refractivity contribution is 7.89. The monoisotopic (exact) mass is 458 g/mol. The van der Waals surface area contributed by atoms with E-state index < -0.39 is 10.0 Å². The molecular weight excluding hydrogens is 435 g/mol. The summed E-state index contributed by atoms with van der Waals surface area (Å²) in [5.41, 5.74) is 4.12. The summed E-state index contributed by atoms with van der Waals surface area (Å²) in [7, 11) is -0.469. The van der Waals surface area contributed by atoms with E-state index in [-0.39, 0.29) is 30.6 Å². The minimum atomic E-state index is -3.44. The Hall–Kier alpha value is -3.24. The second kappa shape index (κ2) is 8.36. The van der Waals surface area contributed by atoms with Crippen LogP contribution in [0, 0.1) is 12.7 Å². The Kier molecular flexibility index (Phi) is 5.74. The lowest BCUT2D eigenvalue weighted by molar-refractivity contribution is -0.118. The predicted octanol–water partition coefficient (Wildman–Crippen LogP) is 2.89. The number of nitrogens with zero attached hydrogens (tertiary/aromatic N) is 3. The van der Waals surface area contributed by atoms with Gasteiger partial charge in [-0.15, -0.1) is 0 Å². The maximum absolute atomic E-state index is 13.6. The summed E-state index contributed by atoms with van der Waals surface area (Å²) in [6.45, 7) is 1.91. The van der Waals surface area contributed by atoms with Gasteiger partial charge in [-0.2, -0.15) is 5.10 Å². The lowest BCUT2D eigenvalue weighted by Gasteiger charge is -2.19. The topological polar surface area (TPSA) is 93.5 Å². The van der Waals surface area contributed by atoms with Gasteiger partial charge in [0.05, 0.1) is 29.4 Å². The van der Waals surface area contributed by atoms with Crippen molar-refractivity contribution in [3.8, 4) is 28.1 Å². The number of halogens is 1. The number of sulfonamides is 1. The molecule has 0 saturated heterocycles. The molecular formula is C22H23FN4O4S. The van der Waals surface area contributed by atoms with Gasteiger partial charge in [-0.25, -0.2) is 17.1 Å². The average molecular weight is 459 g/mol. The Labute approximate surface area is 185 Å². The van der Waals surface area contributed by atoms with Crippen LogP contribution in [0.1, 0.15) is 5.69 Å². The molecule has 0 unspecified atom stereocenters. The Morgan fingerprint density at radius 3 is 2.53 bits per heavy atom. The Morgan fingerprint density at radius 2 is 1.84 bits per heavy atom. The second-order valence-electron chi connectivity index (χ2n) is 7.69. The van der Waals surface area contributed by atoms with E-state index >= 15 is 0 Å². The second-order valence-corrected chi connectivity index (χ2v) is 9.99. The first-order valence-corrected chi connectivity index (χ1v) is 11.6. The molecule has 0 spiro atoms. The van der Waals surface area contributed by atoms with Crippen LogP contribution in [0.5, 0.6) is 5.75 Å². The number of hydrogen-bond acceptors (Lipinski definition) is 5. The van der Waals surface area contributed by atoms with Crippen LogP contribution < -0.4 is 10.1 Å². The quantitative estimate of drug-likeness (QED) is 0.613. The summed E-state index contributed by atoms with van der Waals surface area (Å²) in [6, 6.07) is 11.4. The Balaban J connectivity index is 1.84. The summed E-state index contributed by atoms with van der Waals surface area (Å²) < 4.78 is 46.5. The summed E-state index contributed by atoms with van der Waals surface area (Å²) in [5.74, 6) is -0.182. The maximum atomic E-state index is 13.6. The first-order valence-electron chi connectivity index (χ1n) is 9.96. The summed E-state index contributed by atoms with van der Waals surface area (Å²) in [6.07, 6.45) is 0. The van der Waals surface area contributed by atoms with Gasteiger partial charge in [0.25, 0.3) is 5.91 Å². The average Bonchev–Trinajstić information content (AvgIpc) is 3.08. The van der Waals surface area contributed by atoms with Gasteiger partial charge in [0, 0.05) is 25.2 Å². The van der Waals surface area contributed by atoms with Crippen LogP contribution in [0.25, 0.3) is 22.4 Å². The maximum Gasteiger partial charge on any atom is 0.262 e. The van der Waals surface area contributed by atoms with Crippen LogP contribution in [0.15, 0.2) is 42.5 Å². The van der Waals surface area contributed by atoms with Crippen molar-refractivity contribution in [3.63, 3.8) is 0 Å². The number of anilines is 1. The molecule has 0 bridgehead atoms. The molecule has 168 valence electrons. The van der Waals surface area contributed by atoms with Gasteiger partial charge in [0.15, 0.2) is 6.61 Å². The Bertz CT molecular complexity index is 1280. The molecule has 8 nitrogen and oxygen atoms in total. The molecule has 0 atom stereocenters. The van der Waals surface area contributed by atoms with Gasteiger partial charge in [-0.1, -0.05) is 6.07 Å². The zero-order valence-corrected chi connectivity index (χ0v) is 18.7. The number of nitrogens with one attached hydrogen (secondary N) is 1. The van der Waals surface area contributed by atoms with Crippen molar-refractivity contribution in [2.75, 3.05) is 31.8 Å². The zero-order valence-electron chi connectivity index (χ0n) is 17.9. The number of carbonyl (C=O) groups is 1. The molecule has 1 N–H and O–H groups in total. The lowest BCUT2D eigenvalue weighted by Crippen LogP contribution is -2.27. The standard InChI is InChI=1S/C22H23FN4O4S/c1-14-21(16-6-9-19-18(12-16)24-20(28)13-31-19)22(15-4-7-17(23)8-5-15)27(25-14)10-11-32(29,30)26(2)3/h4-9,12H,10-11,13H2,1-3H3,(H,24,28). The van der Waals surface area contributed by atoms with E-state index in [1.54, 1.807) is 28.9 Å². The summed E-state index contributed by atoms with van der Waals surface area (Å²) in [4.78, 5) is 11.8. The van der Waals surface area contributed by atoms with Crippen molar-refractivity contribution in [2.24, 2.45) is 0 Å². The largest absolute Gasteiger partial charge is 0.482 e. The summed E-state index contributed by atoms with van der Waals surface area (Å²) >= 11 is 0. The number of carbonyl (C=O) groups excluding carboxylic acids is 1. The van der Waals surface area contributed by atoms with Crippen LogP contribution >= 0.6 is 0 Å². The van der Waals surface area contributed by atoms with E-state index in [1.165, 1.54) is 30.5 Å². The molecule has 0 saturated carbocycles. The third-order valence-corrected chi connectivity index (χ3v) is 7.07. The molecule has 2 aromatic carbocycles. The molecule has 1 aliphatic heterocycles. The number of amides is 1. The molecule has 10 heteroatoms. The van der Waals surface area contributed by atoms with Crippen LogP contribution in [-0.2, 0) is 21.4 Å². The number of benzene rings is 2. The van der Waals surface area contributed by atoms with E-state index in [4.69, 9.17) is 4.74 Å². The first-order chi connectivity index (χ1) is 15.2. The Morgan fingerprint density at radius 1 is 1.16 bits per heavy atom. The number of aryl methyl sites for hydroxylation is 2. The molecule has 2 heterocycles. The highest BCUT2D eigenvalue weighted by Crippen LogP contribution is 2.39. The first kappa shape index (κ1) is 22.0. The number of aromatic nitrogens is 2. The van der Waals surface area contributed by atoms with Crippen molar-refractivity contribution < 1.29 is 22.3 Å². The van der Waals surface area contributed by atoms with Gasteiger partial charge < -0.3 is 10.1 Å². The fraction of sp³-hybridized carbons (Fsp3) is 0.273. The molecule has 3 aromatic rings. The molecule has 0 radical (unpaired) electrons. The number of rotatable bonds is 6. The van der Waals surface area contributed by atoms with Crippen LogP contribution in [0.2, 0.25) is 0 Å². The molecule has 32 heavy (non-hydrogen) atoms. The normalized spacial score (nSPS) is 13.6. The van der Waals surface area contributed by atoms with Crippen molar-refractivity contribution in [2.45, 2.75) is 13.5 Å². The van der Waals surface area contributed by atoms with Gasteiger partial charge in [-0.05, 0) is 48.9 Å². The van der Waals surface area contributed by atoms with Crippen molar-refractivity contribution in [3.05, 3.63) is 54.0 Å². The van der Waals surface area contributed by atoms with E-state index in [1.807, 2.05) is 13.0 Å². The van der Waals surface area contributed by atoms with Gasteiger partial charge in [-0.3, -0.25) is 9.48 Å². The highest BCUT2D eigenvalue weighted by atomic mass is 32.2. The van der Waals surface area contributed by atoms with E-state index in [2.05, 4.69) is 10.4 Å². The van der Waals surface area contributed by atoms with Crippen molar-refractivity contribution in [1.82, 2.24) is 14.1 Å². The minimum Gasteiger partial charge on any atom is -0.482 e. The number of hydrogen-bond donors (Lipinski definition) is 1. The van der Waals surface area contributed by atoms with Crippen LogP contribution in [0.3, 0.4) is 0 Å². The predicted molar refractivity (Wildman–Crippen MR) is 119 cm³/mol. The minimum absolute atomic E-state index is 0.0372. The molecule has 1 amide bonds. The number of fused-ring (bicyclic) bond motifs is 1. The van der Waals surface area contributed by atoms with E-state index in [9.17, 15) is 17.6 Å². The van der Waals surface area contributed by atoms with Gasteiger partial charge in [0.2, 0.25) is 10.0 Å². The van der Waals surface area contributed by atoms with E-state index in [0.29, 0.717) is 28.4 Å². The molecule has 1 aromatic heterocycles. The smallest absolute Gasteiger partial charge is 0.262 e. The third kappa shape index (κ3) is 4.23. The fourth-order valence-electron chi connectivity index (χ4n) is 3.61. The van der Waals surface area contributed by atoms with Crippen LogP contribution in [-0.4, -0.2) is 54.9 Å². The summed E-state index contributed by atoms with van der Waals surface area (Å²) in [5, 5.41) is 7.39.